The summed E-state index contributed by atoms with van der Waals surface area (Å²) in [5.41, 5.74) is 2.77. The van der Waals surface area contributed by atoms with Crippen LogP contribution < -0.4 is 5.32 Å². The number of nitriles is 1. The molecule has 0 radical (unpaired) electrons. The van der Waals surface area contributed by atoms with Crippen LogP contribution in [-0.4, -0.2) is 22.1 Å². The van der Waals surface area contributed by atoms with E-state index < -0.39 is 5.97 Å². The average Bonchev–Trinajstić information content (AvgIpc) is 2.82. The number of aryl methyl sites for hydroxylation is 2. The van der Waals surface area contributed by atoms with Crippen molar-refractivity contribution in [2.45, 2.75) is 45.1 Å². The fraction of sp³-hybridized carbons (Fsp3) is 0.500. The van der Waals surface area contributed by atoms with Crippen molar-refractivity contribution >= 4 is 11.8 Å². The number of carboxylic acid groups (broad SMARTS) is 1. The minimum atomic E-state index is -0.809. The second-order valence-corrected chi connectivity index (χ2v) is 4.93. The van der Waals surface area contributed by atoms with Crippen molar-refractivity contribution in [2.24, 2.45) is 0 Å². The van der Waals surface area contributed by atoms with Gasteiger partial charge in [-0.25, -0.2) is 4.98 Å². The van der Waals surface area contributed by atoms with E-state index in [-0.39, 0.29) is 12.5 Å². The predicted molar refractivity (Wildman–Crippen MR) is 70.9 cm³/mol. The highest BCUT2D eigenvalue weighted by Gasteiger charge is 2.17. The number of carboxylic acids is 1. The van der Waals surface area contributed by atoms with Crippen LogP contribution in [0.2, 0.25) is 0 Å². The first kappa shape index (κ1) is 13.3. The van der Waals surface area contributed by atoms with Gasteiger partial charge in [-0.3, -0.25) is 4.79 Å². The molecule has 5 nitrogen and oxygen atoms in total. The molecule has 0 aliphatic heterocycles. The first-order chi connectivity index (χ1) is 9.10. The highest BCUT2D eigenvalue weighted by Crippen LogP contribution is 2.25. The van der Waals surface area contributed by atoms with Gasteiger partial charge in [0.2, 0.25) is 0 Å². The Hall–Kier alpha value is -2.09. The van der Waals surface area contributed by atoms with Crippen LogP contribution >= 0.6 is 0 Å². The molecule has 2 rings (SSSR count). The van der Waals surface area contributed by atoms with Crippen LogP contribution in [0, 0.1) is 11.3 Å². The maximum atomic E-state index is 10.5. The van der Waals surface area contributed by atoms with Gasteiger partial charge in [0, 0.05) is 18.2 Å². The minimum absolute atomic E-state index is 0.0184. The summed E-state index contributed by atoms with van der Waals surface area (Å²) >= 11 is 0. The first-order valence-corrected chi connectivity index (χ1v) is 6.51. The molecule has 1 aromatic heterocycles. The third kappa shape index (κ3) is 3.22. The molecular weight excluding hydrogens is 242 g/mol. The number of aliphatic carboxylic acids is 1. The summed E-state index contributed by atoms with van der Waals surface area (Å²) < 4.78 is 0. The van der Waals surface area contributed by atoms with E-state index in [9.17, 15) is 4.79 Å². The number of rotatable bonds is 5. The molecule has 0 saturated carbocycles. The summed E-state index contributed by atoms with van der Waals surface area (Å²) in [5.74, 6) is -0.225. The van der Waals surface area contributed by atoms with Crippen molar-refractivity contribution < 1.29 is 9.90 Å². The number of aromatic nitrogens is 1. The average molecular weight is 259 g/mol. The first-order valence-electron chi connectivity index (χ1n) is 6.51. The number of hydrogen-bond donors (Lipinski definition) is 2. The third-order valence-corrected chi connectivity index (χ3v) is 3.35. The van der Waals surface area contributed by atoms with Gasteiger partial charge in [0.25, 0.3) is 0 Å². The van der Waals surface area contributed by atoms with Gasteiger partial charge in [0.05, 0.1) is 5.56 Å². The van der Waals surface area contributed by atoms with E-state index in [1.165, 1.54) is 5.56 Å². The molecule has 1 aliphatic rings. The summed E-state index contributed by atoms with van der Waals surface area (Å²) in [6.07, 6.45) is 3.66. The highest BCUT2D eigenvalue weighted by atomic mass is 16.4. The largest absolute Gasteiger partial charge is 0.481 e. The van der Waals surface area contributed by atoms with Crippen molar-refractivity contribution in [2.75, 3.05) is 5.32 Å². The van der Waals surface area contributed by atoms with E-state index in [1.807, 2.05) is 13.0 Å². The van der Waals surface area contributed by atoms with Gasteiger partial charge in [-0.05, 0) is 44.2 Å². The number of nitrogens with zero attached hydrogens (tertiary/aromatic N) is 2. The van der Waals surface area contributed by atoms with Crippen molar-refractivity contribution in [1.29, 1.82) is 5.26 Å². The zero-order chi connectivity index (χ0) is 13.8. The Morgan fingerprint density at radius 1 is 1.63 bits per heavy atom. The van der Waals surface area contributed by atoms with Crippen molar-refractivity contribution in [3.8, 4) is 6.07 Å². The normalized spacial score (nSPS) is 14.5. The Kier molecular flexibility index (Phi) is 4.00. The standard InChI is InChI=1S/C14H17N3O2/c1-9(5-6-13(18)19)16-14-11(8-15)7-10-3-2-4-12(10)17-14/h7,9H,2-6H2,1H3,(H,16,17)(H,18,19). The monoisotopic (exact) mass is 259 g/mol. The Bertz CT molecular complexity index is 534. The van der Waals surface area contributed by atoms with E-state index in [4.69, 9.17) is 10.4 Å². The van der Waals surface area contributed by atoms with Crippen LogP contribution in [0.15, 0.2) is 6.07 Å². The lowest BCUT2D eigenvalue weighted by Gasteiger charge is -2.15. The Morgan fingerprint density at radius 3 is 3.11 bits per heavy atom. The fourth-order valence-electron chi connectivity index (χ4n) is 2.31. The summed E-state index contributed by atoms with van der Waals surface area (Å²) in [4.78, 5) is 15.0. The van der Waals surface area contributed by atoms with Crippen molar-refractivity contribution in [1.82, 2.24) is 4.98 Å². The number of carbonyl (C=O) groups is 1. The van der Waals surface area contributed by atoms with Gasteiger partial charge < -0.3 is 10.4 Å². The van der Waals surface area contributed by atoms with E-state index in [0.29, 0.717) is 17.8 Å². The summed E-state index contributed by atoms with van der Waals surface area (Å²) in [6.45, 7) is 1.90. The van der Waals surface area contributed by atoms with Gasteiger partial charge in [-0.1, -0.05) is 0 Å². The van der Waals surface area contributed by atoms with Crippen LogP contribution in [0.3, 0.4) is 0 Å². The van der Waals surface area contributed by atoms with Crippen molar-refractivity contribution in [3.05, 3.63) is 22.9 Å². The molecule has 0 spiro atoms. The van der Waals surface area contributed by atoms with Gasteiger partial charge in [-0.15, -0.1) is 0 Å². The number of pyridine rings is 1. The topological polar surface area (TPSA) is 86.0 Å². The third-order valence-electron chi connectivity index (χ3n) is 3.35. The Labute approximate surface area is 112 Å². The minimum Gasteiger partial charge on any atom is -0.481 e. The van der Waals surface area contributed by atoms with E-state index in [0.717, 1.165) is 25.0 Å². The second kappa shape index (κ2) is 5.70. The lowest BCUT2D eigenvalue weighted by molar-refractivity contribution is -0.137. The molecule has 0 aromatic carbocycles. The van der Waals surface area contributed by atoms with E-state index >= 15 is 0 Å². The molecule has 0 bridgehead atoms. The van der Waals surface area contributed by atoms with Crippen LogP contribution in [0.5, 0.6) is 0 Å². The molecule has 1 aromatic rings. The molecule has 1 unspecified atom stereocenters. The van der Waals surface area contributed by atoms with Crippen LogP contribution in [0.1, 0.15) is 43.0 Å². The molecule has 5 heteroatoms. The molecule has 100 valence electrons. The van der Waals surface area contributed by atoms with E-state index in [1.54, 1.807) is 0 Å². The fourth-order valence-corrected chi connectivity index (χ4v) is 2.31. The number of anilines is 1. The molecule has 0 fully saturated rings. The second-order valence-electron chi connectivity index (χ2n) is 4.93. The quantitative estimate of drug-likeness (QED) is 0.845. The smallest absolute Gasteiger partial charge is 0.303 e. The van der Waals surface area contributed by atoms with Gasteiger partial charge in [-0.2, -0.15) is 5.26 Å². The zero-order valence-corrected chi connectivity index (χ0v) is 10.9. The van der Waals surface area contributed by atoms with E-state index in [2.05, 4.69) is 16.4 Å². The van der Waals surface area contributed by atoms with Crippen LogP contribution in [0.4, 0.5) is 5.82 Å². The SMILES string of the molecule is CC(CCC(=O)O)Nc1nc2c(cc1C#N)CCC2. The predicted octanol–water partition coefficient (Wildman–Crippen LogP) is 2.11. The molecule has 19 heavy (non-hydrogen) atoms. The molecule has 1 atom stereocenters. The van der Waals surface area contributed by atoms with Crippen LogP contribution in [0.25, 0.3) is 0 Å². The van der Waals surface area contributed by atoms with Crippen molar-refractivity contribution in [3.63, 3.8) is 0 Å². The molecule has 2 N–H and O–H groups in total. The zero-order valence-electron chi connectivity index (χ0n) is 10.9. The molecule has 0 amide bonds. The van der Waals surface area contributed by atoms with Gasteiger partial charge in [0.1, 0.15) is 11.9 Å². The summed E-state index contributed by atoms with van der Waals surface area (Å²) in [6, 6.07) is 4.04. The lowest BCUT2D eigenvalue weighted by Crippen LogP contribution is -2.18. The lowest BCUT2D eigenvalue weighted by atomic mass is 10.1. The number of hydrogen-bond acceptors (Lipinski definition) is 4. The Balaban J connectivity index is 2.11. The molecular formula is C14H17N3O2. The maximum Gasteiger partial charge on any atom is 0.303 e. The summed E-state index contributed by atoms with van der Waals surface area (Å²) in [5, 5.41) is 21.0. The van der Waals surface area contributed by atoms with Crippen LogP contribution in [-0.2, 0) is 17.6 Å². The maximum absolute atomic E-state index is 10.5. The molecule has 1 aliphatic carbocycles. The van der Waals surface area contributed by atoms with Gasteiger partial charge >= 0.3 is 5.97 Å². The molecule has 1 heterocycles. The highest BCUT2D eigenvalue weighted by molar-refractivity contribution is 5.66. The van der Waals surface area contributed by atoms with Gasteiger partial charge in [0.15, 0.2) is 0 Å². The Morgan fingerprint density at radius 2 is 2.42 bits per heavy atom. The molecule has 0 saturated heterocycles. The number of nitrogens with one attached hydrogen (secondary N) is 1. The summed E-state index contributed by atoms with van der Waals surface area (Å²) in [7, 11) is 0. The number of fused-ring (bicyclic) bond motifs is 1.